The molecular weight excluding hydrogens is 503 g/mol. The summed E-state index contributed by atoms with van der Waals surface area (Å²) in [6.07, 6.45) is 0. The molecule has 0 amide bonds. The van der Waals surface area contributed by atoms with Crippen LogP contribution in [-0.2, 0) is 12.3 Å². The number of nitrogens with zero attached hydrogens (tertiary/aromatic N) is 3. The van der Waals surface area contributed by atoms with E-state index >= 15 is 0 Å². The lowest BCUT2D eigenvalue weighted by atomic mass is 10.3. The highest BCUT2D eigenvalue weighted by molar-refractivity contribution is 7.98. The van der Waals surface area contributed by atoms with Crippen molar-refractivity contribution in [1.82, 2.24) is 4.98 Å². The van der Waals surface area contributed by atoms with Gasteiger partial charge in [0.15, 0.2) is 5.76 Å². The Morgan fingerprint density at radius 3 is 2.59 bits per heavy atom. The zero-order valence-corrected chi connectivity index (χ0v) is 21.9. The van der Waals surface area contributed by atoms with Crippen LogP contribution in [-0.4, -0.2) is 80.7 Å². The smallest absolute Gasteiger partial charge is 0.311 e. The van der Waals surface area contributed by atoms with Gasteiger partial charge in [0.25, 0.3) is 0 Å². The van der Waals surface area contributed by atoms with Crippen LogP contribution >= 0.6 is 11.8 Å². The van der Waals surface area contributed by atoms with Crippen LogP contribution in [0.4, 0.5) is 17.3 Å². The average molecular weight is 538 g/mol. The third-order valence-electron chi connectivity index (χ3n) is 5.34. The van der Waals surface area contributed by atoms with Gasteiger partial charge in [0.2, 0.25) is 5.82 Å². The molecule has 0 aliphatic carbocycles. The van der Waals surface area contributed by atoms with Gasteiger partial charge in [0, 0.05) is 18.4 Å². The van der Waals surface area contributed by atoms with Crippen LogP contribution in [0, 0.1) is 10.1 Å². The standard InChI is InChI=1S/C21H32N6O4S.2ClH/c1-24(2)15-17-3-4-18(31-17)16-32-14-7-22-21-19(27(29)30)5-6-20(23-21)26-10-8-25(9-11-26)12-13-28;;/h3-6,28H,7-16H2,1-2H3,(H,22,23);2*1H. The van der Waals surface area contributed by atoms with Crippen molar-refractivity contribution >= 4 is 29.1 Å². The minimum Gasteiger partial charge on any atom is -1.00 e. The Morgan fingerprint density at radius 2 is 1.94 bits per heavy atom. The van der Waals surface area contributed by atoms with Gasteiger partial charge in [0.05, 0.1) is 57.6 Å². The van der Waals surface area contributed by atoms with Crippen LogP contribution in [0.25, 0.3) is 0 Å². The number of piperazine rings is 1. The Kier molecular flexibility index (Phi) is 13.6. The second-order valence-electron chi connectivity index (χ2n) is 8.24. The molecule has 4 N–H and O–H groups in total. The summed E-state index contributed by atoms with van der Waals surface area (Å²) in [5.74, 6) is 4.53. The van der Waals surface area contributed by atoms with Gasteiger partial charge in [-0.3, -0.25) is 10.1 Å². The molecule has 13 heteroatoms. The number of aliphatic hydroxyl groups is 1. The van der Waals surface area contributed by atoms with Crippen LogP contribution in [0.1, 0.15) is 11.5 Å². The van der Waals surface area contributed by atoms with Gasteiger partial charge < -0.3 is 54.4 Å². The first kappa shape index (κ1) is 30.3. The van der Waals surface area contributed by atoms with Crippen molar-refractivity contribution in [1.29, 1.82) is 0 Å². The second-order valence-corrected chi connectivity index (χ2v) is 9.34. The maximum Gasteiger partial charge on any atom is 0.311 e. The van der Waals surface area contributed by atoms with Crippen molar-refractivity contribution in [3.8, 4) is 0 Å². The summed E-state index contributed by atoms with van der Waals surface area (Å²) in [6, 6.07) is 7.28. The number of thioether (sulfide) groups is 1. The molecule has 1 fully saturated rings. The van der Waals surface area contributed by atoms with Gasteiger partial charge in [-0.15, -0.1) is 0 Å². The van der Waals surface area contributed by atoms with Crippen molar-refractivity contribution in [3.05, 3.63) is 45.9 Å². The summed E-state index contributed by atoms with van der Waals surface area (Å²) >= 11 is 1.71. The van der Waals surface area contributed by atoms with Crippen molar-refractivity contribution in [2.75, 3.05) is 75.9 Å². The highest BCUT2D eigenvalue weighted by Crippen LogP contribution is 2.26. The molecule has 34 heavy (non-hydrogen) atoms. The van der Waals surface area contributed by atoms with Crippen molar-refractivity contribution in [2.45, 2.75) is 12.3 Å². The summed E-state index contributed by atoms with van der Waals surface area (Å²) in [5, 5.41) is 23.7. The number of nitro groups is 1. The third kappa shape index (κ3) is 9.12. The molecule has 0 unspecified atom stereocenters. The fraction of sp³-hybridized carbons (Fsp3) is 0.571. The summed E-state index contributed by atoms with van der Waals surface area (Å²) in [7, 11) is 4.17. The van der Waals surface area contributed by atoms with Crippen LogP contribution in [0.2, 0.25) is 0 Å². The molecule has 1 aliphatic rings. The first-order valence-corrected chi connectivity index (χ1v) is 12.1. The number of furan rings is 1. The lowest BCUT2D eigenvalue weighted by Gasteiger charge is -2.32. The number of aromatic nitrogens is 1. The number of quaternary nitrogens is 2. The molecule has 10 nitrogen and oxygen atoms in total. The van der Waals surface area contributed by atoms with Gasteiger partial charge in [-0.25, -0.2) is 4.98 Å². The highest BCUT2D eigenvalue weighted by atomic mass is 35.5. The maximum absolute atomic E-state index is 11.4. The Balaban J connectivity index is 0.00000289. The van der Waals surface area contributed by atoms with Crippen molar-refractivity contribution in [3.63, 3.8) is 0 Å². The molecule has 0 aromatic carbocycles. The molecule has 0 atom stereocenters. The lowest BCUT2D eigenvalue weighted by Crippen LogP contribution is -3.15. The van der Waals surface area contributed by atoms with E-state index in [1.807, 2.05) is 12.1 Å². The molecule has 3 rings (SSSR count). The van der Waals surface area contributed by atoms with Crippen LogP contribution in [0.3, 0.4) is 0 Å². The second kappa shape index (κ2) is 15.3. The Bertz CT molecular complexity index is 881. The summed E-state index contributed by atoms with van der Waals surface area (Å²) in [6.45, 7) is 5.84. The van der Waals surface area contributed by atoms with E-state index in [4.69, 9.17) is 9.52 Å². The Hall–Kier alpha value is -1.76. The van der Waals surface area contributed by atoms with E-state index in [0.717, 1.165) is 68.1 Å². The SMILES string of the molecule is C[NH+](C)Cc1ccc(CSCCNc2nc(N3CC[NH+](CCO)CC3)ccc2[N+](=O)[O-])o1.[Cl-].[Cl-]. The Morgan fingerprint density at radius 1 is 1.24 bits per heavy atom. The highest BCUT2D eigenvalue weighted by Gasteiger charge is 2.23. The van der Waals surface area contributed by atoms with E-state index in [-0.39, 0.29) is 37.1 Å². The molecule has 1 saturated heterocycles. The molecule has 1 aliphatic heterocycles. The molecule has 0 spiro atoms. The first-order chi connectivity index (χ1) is 15.5. The minimum atomic E-state index is -0.396. The van der Waals surface area contributed by atoms with E-state index in [2.05, 4.69) is 29.3 Å². The number of hydrogen-bond acceptors (Lipinski definition) is 8. The molecule has 0 radical (unpaired) electrons. The van der Waals surface area contributed by atoms with E-state index < -0.39 is 4.92 Å². The summed E-state index contributed by atoms with van der Waals surface area (Å²) < 4.78 is 5.83. The van der Waals surface area contributed by atoms with Gasteiger partial charge >= 0.3 is 5.69 Å². The molecule has 2 aromatic rings. The predicted molar refractivity (Wildman–Crippen MR) is 126 cm³/mol. The van der Waals surface area contributed by atoms with E-state index in [1.54, 1.807) is 17.8 Å². The molecule has 0 saturated carbocycles. The third-order valence-corrected chi connectivity index (χ3v) is 6.33. The van der Waals surface area contributed by atoms with Crippen molar-refractivity contribution in [2.24, 2.45) is 0 Å². The normalized spacial score (nSPS) is 13.9. The largest absolute Gasteiger partial charge is 1.00 e. The molecule has 192 valence electrons. The Labute approximate surface area is 217 Å². The van der Waals surface area contributed by atoms with E-state index in [0.29, 0.717) is 12.4 Å². The number of anilines is 2. The van der Waals surface area contributed by atoms with E-state index in [9.17, 15) is 10.1 Å². The van der Waals surface area contributed by atoms with Gasteiger partial charge in [-0.05, 0) is 18.2 Å². The van der Waals surface area contributed by atoms with Gasteiger partial charge in [-0.1, -0.05) is 0 Å². The quantitative estimate of drug-likeness (QED) is 0.120. The fourth-order valence-electron chi connectivity index (χ4n) is 3.71. The zero-order valence-electron chi connectivity index (χ0n) is 19.6. The molecule has 0 bridgehead atoms. The van der Waals surface area contributed by atoms with Gasteiger partial charge in [0.1, 0.15) is 24.7 Å². The maximum atomic E-state index is 11.4. The molecular formula is C21H34Cl2N6O4S. The van der Waals surface area contributed by atoms with E-state index in [1.165, 1.54) is 15.9 Å². The lowest BCUT2D eigenvalue weighted by molar-refractivity contribution is -0.900. The first-order valence-electron chi connectivity index (χ1n) is 11.0. The zero-order chi connectivity index (χ0) is 22.9. The number of hydrogen-bond donors (Lipinski definition) is 4. The van der Waals surface area contributed by atoms with Gasteiger partial charge in [-0.2, -0.15) is 11.8 Å². The molecule has 2 aromatic heterocycles. The van der Waals surface area contributed by atoms with Crippen LogP contribution in [0.15, 0.2) is 28.7 Å². The fourth-order valence-corrected chi connectivity index (χ4v) is 4.46. The monoisotopic (exact) mass is 536 g/mol. The summed E-state index contributed by atoms with van der Waals surface area (Å²) in [5.41, 5.74) is -0.00912. The molecule has 3 heterocycles. The number of halogens is 2. The number of aliphatic hydroxyl groups excluding tert-OH is 1. The summed E-state index contributed by atoms with van der Waals surface area (Å²) in [4.78, 5) is 20.4. The van der Waals surface area contributed by atoms with Crippen molar-refractivity contribution < 1.29 is 49.1 Å². The van der Waals surface area contributed by atoms with Crippen LogP contribution in [0.5, 0.6) is 0 Å². The number of pyridine rings is 1. The number of rotatable bonds is 12. The topological polar surface area (TPSA) is 114 Å². The van der Waals surface area contributed by atoms with Crippen LogP contribution < -0.4 is 44.8 Å². The predicted octanol–water partition coefficient (Wildman–Crippen LogP) is -6.72. The number of nitrogens with one attached hydrogen (secondary N) is 3. The minimum absolute atomic E-state index is 0. The average Bonchev–Trinajstić information content (AvgIpc) is 3.20.